The molecule has 1 amide bonds. The third kappa shape index (κ3) is 2.75. The Bertz CT molecular complexity index is 1010. The smallest absolute Gasteiger partial charge is 0.263 e. The van der Waals surface area contributed by atoms with Gasteiger partial charge in [0.25, 0.3) is 5.91 Å². The fourth-order valence-electron chi connectivity index (χ4n) is 3.05. The summed E-state index contributed by atoms with van der Waals surface area (Å²) in [6.07, 6.45) is 3.32. The van der Waals surface area contributed by atoms with E-state index in [0.717, 1.165) is 22.3 Å². The third-order valence-corrected chi connectivity index (χ3v) is 6.03. The number of nitrogens with zero attached hydrogens (tertiary/aromatic N) is 4. The number of amides is 1. The van der Waals surface area contributed by atoms with Gasteiger partial charge in [0.1, 0.15) is 9.71 Å². The van der Waals surface area contributed by atoms with Gasteiger partial charge in [-0.05, 0) is 25.5 Å². The van der Waals surface area contributed by atoms with Gasteiger partial charge in [-0.15, -0.1) is 16.4 Å². The Balaban J connectivity index is 1.49. The highest BCUT2D eigenvalue weighted by Gasteiger charge is 2.31. The second kappa shape index (κ2) is 6.37. The maximum atomic E-state index is 12.7. The predicted molar refractivity (Wildman–Crippen MR) is 104 cm³/mol. The average molecular weight is 389 g/mol. The fourth-order valence-corrected chi connectivity index (χ4v) is 4.29. The van der Waals surface area contributed by atoms with Crippen molar-refractivity contribution in [3.63, 3.8) is 0 Å². The zero-order valence-electron chi connectivity index (χ0n) is 14.3. The highest BCUT2D eigenvalue weighted by atomic mass is 35.5. The van der Waals surface area contributed by atoms with Crippen molar-refractivity contribution >= 4 is 50.4 Å². The topological polar surface area (TPSA) is 97.0 Å². The minimum atomic E-state index is -0.173. The first-order chi connectivity index (χ1) is 12.5. The van der Waals surface area contributed by atoms with Crippen LogP contribution in [-0.4, -0.2) is 40.2 Å². The molecule has 0 radical (unpaired) electrons. The molecule has 0 atom stereocenters. The van der Waals surface area contributed by atoms with Gasteiger partial charge in [0.15, 0.2) is 0 Å². The molecule has 0 bridgehead atoms. The van der Waals surface area contributed by atoms with Crippen LogP contribution in [0.15, 0.2) is 18.5 Å². The molecule has 0 aromatic carbocycles. The number of thiophene rings is 1. The SMILES string of the molecule is Cc1nnc2sc(C(=O)NC3CN(c4ccncc4Cl)C3)c(N)c2c1C. The van der Waals surface area contributed by atoms with Crippen LogP contribution in [-0.2, 0) is 0 Å². The molecule has 3 N–H and O–H groups in total. The first-order valence-corrected chi connectivity index (χ1v) is 9.32. The summed E-state index contributed by atoms with van der Waals surface area (Å²) in [6, 6.07) is 1.92. The number of fused-ring (bicyclic) bond motifs is 1. The lowest BCUT2D eigenvalue weighted by Gasteiger charge is -2.41. The fraction of sp³-hybridized carbons (Fsp3) is 0.294. The van der Waals surface area contributed by atoms with Crippen molar-refractivity contribution in [1.29, 1.82) is 0 Å². The van der Waals surface area contributed by atoms with Gasteiger partial charge in [-0.25, -0.2) is 0 Å². The number of nitrogen functional groups attached to an aromatic ring is 1. The van der Waals surface area contributed by atoms with Crippen LogP contribution >= 0.6 is 22.9 Å². The molecule has 7 nitrogen and oxygen atoms in total. The summed E-state index contributed by atoms with van der Waals surface area (Å²) in [7, 11) is 0. The zero-order chi connectivity index (χ0) is 18.4. The number of carbonyl (C=O) groups excluding carboxylic acids is 1. The van der Waals surface area contributed by atoms with Gasteiger partial charge in [0.2, 0.25) is 0 Å². The maximum absolute atomic E-state index is 12.7. The standard InChI is InChI=1S/C17H17ClN6OS/c1-8-9(2)22-23-17-13(8)14(19)15(26-17)16(25)21-10-6-24(7-10)12-3-4-20-5-11(12)18/h3-5,10H,6-7,19H2,1-2H3,(H,21,25). The monoisotopic (exact) mass is 388 g/mol. The molecule has 1 aliphatic rings. The van der Waals surface area contributed by atoms with Gasteiger partial charge in [0.05, 0.1) is 28.1 Å². The first-order valence-electron chi connectivity index (χ1n) is 8.13. The Kier molecular flexibility index (Phi) is 4.16. The quantitative estimate of drug-likeness (QED) is 0.715. The number of anilines is 2. The molecule has 134 valence electrons. The molecule has 0 spiro atoms. The minimum Gasteiger partial charge on any atom is -0.397 e. The Morgan fingerprint density at radius 1 is 1.38 bits per heavy atom. The summed E-state index contributed by atoms with van der Waals surface area (Å²) in [5.41, 5.74) is 9.41. The number of rotatable bonds is 3. The normalized spacial score (nSPS) is 14.5. The molecule has 3 aromatic heterocycles. The Hall–Kier alpha value is -2.45. The molecule has 1 fully saturated rings. The van der Waals surface area contributed by atoms with E-state index in [0.29, 0.717) is 33.5 Å². The Morgan fingerprint density at radius 2 is 2.15 bits per heavy atom. The lowest BCUT2D eigenvalue weighted by Crippen LogP contribution is -2.59. The van der Waals surface area contributed by atoms with E-state index in [2.05, 4.69) is 25.4 Å². The summed E-state index contributed by atoms with van der Waals surface area (Å²) >= 11 is 7.43. The molecule has 0 aliphatic carbocycles. The number of aryl methyl sites for hydroxylation is 2. The van der Waals surface area contributed by atoms with Crippen molar-refractivity contribution in [2.75, 3.05) is 23.7 Å². The lowest BCUT2D eigenvalue weighted by atomic mass is 10.1. The van der Waals surface area contributed by atoms with E-state index in [1.54, 1.807) is 12.4 Å². The van der Waals surface area contributed by atoms with Crippen LogP contribution < -0.4 is 16.0 Å². The zero-order valence-corrected chi connectivity index (χ0v) is 15.9. The largest absolute Gasteiger partial charge is 0.397 e. The number of nitrogens with one attached hydrogen (secondary N) is 1. The molecule has 0 saturated carbocycles. The first kappa shape index (κ1) is 17.0. The summed E-state index contributed by atoms with van der Waals surface area (Å²) in [4.78, 5) is 19.9. The number of hydrogen-bond donors (Lipinski definition) is 2. The van der Waals surface area contributed by atoms with Crippen molar-refractivity contribution in [3.05, 3.63) is 39.6 Å². The molecular weight excluding hydrogens is 372 g/mol. The summed E-state index contributed by atoms with van der Waals surface area (Å²) in [5.74, 6) is -0.173. The maximum Gasteiger partial charge on any atom is 0.263 e. The van der Waals surface area contributed by atoms with E-state index in [4.69, 9.17) is 17.3 Å². The minimum absolute atomic E-state index is 0.0465. The molecule has 26 heavy (non-hydrogen) atoms. The van der Waals surface area contributed by atoms with Crippen LogP contribution in [0.2, 0.25) is 5.02 Å². The summed E-state index contributed by atoms with van der Waals surface area (Å²) < 4.78 is 0. The van der Waals surface area contributed by atoms with Gasteiger partial charge in [-0.1, -0.05) is 11.6 Å². The van der Waals surface area contributed by atoms with Crippen LogP contribution in [0.25, 0.3) is 10.2 Å². The second-order valence-corrected chi connectivity index (χ2v) is 7.74. The van der Waals surface area contributed by atoms with E-state index >= 15 is 0 Å². The molecule has 4 heterocycles. The molecular formula is C17H17ClN6OS. The van der Waals surface area contributed by atoms with Crippen LogP contribution in [0.1, 0.15) is 20.9 Å². The van der Waals surface area contributed by atoms with E-state index in [9.17, 15) is 4.79 Å². The second-order valence-electron chi connectivity index (χ2n) is 6.34. The van der Waals surface area contributed by atoms with Crippen LogP contribution in [0.4, 0.5) is 11.4 Å². The Labute approximate surface area is 159 Å². The molecule has 1 saturated heterocycles. The number of aromatic nitrogens is 3. The molecule has 9 heteroatoms. The molecule has 0 unspecified atom stereocenters. The van der Waals surface area contributed by atoms with E-state index in [1.807, 2.05) is 19.9 Å². The summed E-state index contributed by atoms with van der Waals surface area (Å²) in [5, 5.41) is 12.7. The van der Waals surface area contributed by atoms with E-state index in [-0.39, 0.29) is 11.9 Å². The number of halogens is 1. The van der Waals surface area contributed by atoms with Gasteiger partial charge in [0, 0.05) is 30.9 Å². The van der Waals surface area contributed by atoms with E-state index < -0.39 is 0 Å². The number of pyridine rings is 1. The van der Waals surface area contributed by atoms with Crippen molar-refractivity contribution in [3.8, 4) is 0 Å². The van der Waals surface area contributed by atoms with E-state index in [1.165, 1.54) is 11.3 Å². The van der Waals surface area contributed by atoms with Crippen molar-refractivity contribution in [1.82, 2.24) is 20.5 Å². The van der Waals surface area contributed by atoms with Gasteiger partial charge >= 0.3 is 0 Å². The van der Waals surface area contributed by atoms with Crippen molar-refractivity contribution in [2.45, 2.75) is 19.9 Å². The van der Waals surface area contributed by atoms with Crippen molar-refractivity contribution < 1.29 is 4.79 Å². The van der Waals surface area contributed by atoms with Crippen LogP contribution in [0.3, 0.4) is 0 Å². The summed E-state index contributed by atoms with van der Waals surface area (Å²) in [6.45, 7) is 5.21. The van der Waals surface area contributed by atoms with Crippen LogP contribution in [0, 0.1) is 13.8 Å². The average Bonchev–Trinajstić information content (AvgIpc) is 2.92. The molecule has 3 aromatic rings. The highest BCUT2D eigenvalue weighted by Crippen LogP contribution is 2.35. The molecule has 4 rings (SSSR count). The van der Waals surface area contributed by atoms with Gasteiger partial charge < -0.3 is 16.0 Å². The number of nitrogens with two attached hydrogens (primary N) is 1. The van der Waals surface area contributed by atoms with Gasteiger partial charge in [-0.3, -0.25) is 9.78 Å². The highest BCUT2D eigenvalue weighted by molar-refractivity contribution is 7.21. The van der Waals surface area contributed by atoms with Crippen LogP contribution in [0.5, 0.6) is 0 Å². The number of carbonyl (C=O) groups is 1. The third-order valence-electron chi connectivity index (χ3n) is 4.65. The lowest BCUT2D eigenvalue weighted by molar-refractivity contribution is 0.0935. The Morgan fingerprint density at radius 3 is 2.88 bits per heavy atom. The molecule has 1 aliphatic heterocycles. The predicted octanol–water partition coefficient (Wildman–Crippen LogP) is 2.56. The van der Waals surface area contributed by atoms with Crippen molar-refractivity contribution in [2.24, 2.45) is 0 Å². The van der Waals surface area contributed by atoms with Gasteiger partial charge in [-0.2, -0.15) is 5.10 Å². The number of hydrogen-bond acceptors (Lipinski definition) is 7.